The highest BCUT2D eigenvalue weighted by Gasteiger charge is 2.36. The molecule has 0 amide bonds. The van der Waals surface area contributed by atoms with Crippen LogP contribution in [0.3, 0.4) is 0 Å². The van der Waals surface area contributed by atoms with Crippen LogP contribution in [0.5, 0.6) is 0 Å². The maximum Gasteiger partial charge on any atom is 0.154 e. The minimum atomic E-state index is -2.86. The highest BCUT2D eigenvalue weighted by molar-refractivity contribution is 9.09. The van der Waals surface area contributed by atoms with Gasteiger partial charge >= 0.3 is 0 Å². The van der Waals surface area contributed by atoms with Crippen molar-refractivity contribution < 1.29 is 13.2 Å². The van der Waals surface area contributed by atoms with Gasteiger partial charge in [-0.2, -0.15) is 0 Å². The Hall–Kier alpha value is 0.390. The summed E-state index contributed by atoms with van der Waals surface area (Å²) >= 11 is 3.37. The number of halogens is 1. The van der Waals surface area contributed by atoms with E-state index in [9.17, 15) is 8.42 Å². The first-order valence-electron chi connectivity index (χ1n) is 5.53. The molecule has 15 heavy (non-hydrogen) atoms. The molecular weight excluding hydrogens is 280 g/mol. The molecule has 0 aromatic heterocycles. The Kier molecular flexibility index (Phi) is 3.73. The SMILES string of the molecule is O=S1(=O)CC(Br)C(OCCC2CCC2)C1. The average Bonchev–Trinajstić information content (AvgIpc) is 2.30. The molecule has 2 aliphatic rings. The fourth-order valence-electron chi connectivity index (χ4n) is 2.09. The second kappa shape index (κ2) is 4.72. The summed E-state index contributed by atoms with van der Waals surface area (Å²) in [5, 5.41) is 0. The van der Waals surface area contributed by atoms with E-state index in [1.165, 1.54) is 19.3 Å². The zero-order valence-electron chi connectivity index (χ0n) is 8.69. The Balaban J connectivity index is 1.70. The topological polar surface area (TPSA) is 43.4 Å². The van der Waals surface area contributed by atoms with Crippen molar-refractivity contribution in [3.05, 3.63) is 0 Å². The summed E-state index contributed by atoms with van der Waals surface area (Å²) < 4.78 is 28.2. The van der Waals surface area contributed by atoms with Crippen LogP contribution >= 0.6 is 15.9 Å². The molecule has 2 atom stereocenters. The zero-order valence-corrected chi connectivity index (χ0v) is 11.1. The molecule has 0 radical (unpaired) electrons. The van der Waals surface area contributed by atoms with Gasteiger partial charge in [0.15, 0.2) is 9.84 Å². The van der Waals surface area contributed by atoms with Gasteiger partial charge in [0, 0.05) is 6.61 Å². The number of ether oxygens (including phenoxy) is 1. The van der Waals surface area contributed by atoms with Crippen LogP contribution in [0.2, 0.25) is 0 Å². The van der Waals surface area contributed by atoms with Crippen LogP contribution in [0.4, 0.5) is 0 Å². The van der Waals surface area contributed by atoms with E-state index >= 15 is 0 Å². The lowest BCUT2D eigenvalue weighted by Gasteiger charge is -2.25. The van der Waals surface area contributed by atoms with E-state index in [4.69, 9.17) is 4.74 Å². The van der Waals surface area contributed by atoms with Crippen molar-refractivity contribution in [1.82, 2.24) is 0 Å². The minimum Gasteiger partial charge on any atom is -0.376 e. The molecule has 1 saturated heterocycles. The molecule has 2 fully saturated rings. The standard InChI is InChI=1S/C10H17BrO3S/c11-9-6-15(12,13)7-10(9)14-5-4-8-2-1-3-8/h8-10H,1-7H2. The van der Waals surface area contributed by atoms with Gasteiger partial charge in [-0.25, -0.2) is 8.42 Å². The van der Waals surface area contributed by atoms with E-state index in [1.807, 2.05) is 0 Å². The Bertz CT molecular complexity index is 311. The normalized spacial score (nSPS) is 35.3. The Morgan fingerprint density at radius 1 is 1.27 bits per heavy atom. The van der Waals surface area contributed by atoms with Crippen molar-refractivity contribution in [2.45, 2.75) is 36.6 Å². The van der Waals surface area contributed by atoms with Crippen molar-refractivity contribution in [3.63, 3.8) is 0 Å². The average molecular weight is 297 g/mol. The maximum atomic E-state index is 11.3. The summed E-state index contributed by atoms with van der Waals surface area (Å²) in [6, 6.07) is 0. The van der Waals surface area contributed by atoms with E-state index < -0.39 is 9.84 Å². The van der Waals surface area contributed by atoms with Crippen molar-refractivity contribution in [3.8, 4) is 0 Å². The van der Waals surface area contributed by atoms with Gasteiger partial charge < -0.3 is 4.74 Å². The molecular formula is C10H17BrO3S. The van der Waals surface area contributed by atoms with Gasteiger partial charge in [0.1, 0.15) is 0 Å². The molecule has 1 aliphatic carbocycles. The highest BCUT2D eigenvalue weighted by atomic mass is 79.9. The van der Waals surface area contributed by atoms with Crippen LogP contribution in [0.15, 0.2) is 0 Å². The molecule has 0 spiro atoms. The monoisotopic (exact) mass is 296 g/mol. The highest BCUT2D eigenvalue weighted by Crippen LogP contribution is 2.30. The summed E-state index contributed by atoms with van der Waals surface area (Å²) in [7, 11) is -2.86. The van der Waals surface area contributed by atoms with E-state index in [-0.39, 0.29) is 22.4 Å². The fourth-order valence-corrected chi connectivity index (χ4v) is 5.55. The molecule has 2 unspecified atom stereocenters. The van der Waals surface area contributed by atoms with Gasteiger partial charge in [-0.3, -0.25) is 0 Å². The Morgan fingerprint density at radius 2 is 2.00 bits per heavy atom. The number of hydrogen-bond acceptors (Lipinski definition) is 3. The Morgan fingerprint density at radius 3 is 2.47 bits per heavy atom. The van der Waals surface area contributed by atoms with Gasteiger partial charge in [0.2, 0.25) is 0 Å². The van der Waals surface area contributed by atoms with Crippen molar-refractivity contribution in [2.24, 2.45) is 5.92 Å². The fraction of sp³-hybridized carbons (Fsp3) is 1.00. The third kappa shape index (κ3) is 3.17. The molecule has 88 valence electrons. The number of hydrogen-bond donors (Lipinski definition) is 0. The largest absolute Gasteiger partial charge is 0.376 e. The number of rotatable bonds is 4. The quantitative estimate of drug-likeness (QED) is 0.743. The maximum absolute atomic E-state index is 11.3. The third-order valence-corrected chi connectivity index (χ3v) is 6.36. The first-order valence-corrected chi connectivity index (χ1v) is 8.26. The van der Waals surface area contributed by atoms with Gasteiger partial charge in [-0.15, -0.1) is 0 Å². The summed E-state index contributed by atoms with van der Waals surface area (Å²) in [5.41, 5.74) is 0. The van der Waals surface area contributed by atoms with Crippen LogP contribution in [0, 0.1) is 5.92 Å². The molecule has 3 nitrogen and oxygen atoms in total. The molecule has 0 aromatic rings. The summed E-state index contributed by atoms with van der Waals surface area (Å²) in [6.45, 7) is 0.715. The summed E-state index contributed by atoms with van der Waals surface area (Å²) in [6.07, 6.45) is 4.96. The van der Waals surface area contributed by atoms with E-state index in [0.29, 0.717) is 6.61 Å². The molecule has 0 bridgehead atoms. The van der Waals surface area contributed by atoms with Crippen LogP contribution in [0.1, 0.15) is 25.7 Å². The van der Waals surface area contributed by atoms with Gasteiger partial charge in [0.25, 0.3) is 0 Å². The van der Waals surface area contributed by atoms with Crippen molar-refractivity contribution in [2.75, 3.05) is 18.1 Å². The molecule has 1 aliphatic heterocycles. The molecule has 0 aromatic carbocycles. The lowest BCUT2D eigenvalue weighted by atomic mass is 9.83. The predicted molar refractivity (Wildman–Crippen MR) is 63.1 cm³/mol. The number of alkyl halides is 1. The molecule has 5 heteroatoms. The van der Waals surface area contributed by atoms with Crippen molar-refractivity contribution in [1.29, 1.82) is 0 Å². The lowest BCUT2D eigenvalue weighted by molar-refractivity contribution is 0.0574. The lowest BCUT2D eigenvalue weighted by Crippen LogP contribution is -2.24. The van der Waals surface area contributed by atoms with Gasteiger partial charge in [-0.05, 0) is 12.3 Å². The predicted octanol–water partition coefficient (Wildman–Crippen LogP) is 1.75. The van der Waals surface area contributed by atoms with E-state index in [2.05, 4.69) is 15.9 Å². The number of sulfone groups is 1. The molecule has 2 rings (SSSR count). The first-order chi connectivity index (χ1) is 7.07. The van der Waals surface area contributed by atoms with Gasteiger partial charge in [-0.1, -0.05) is 35.2 Å². The smallest absolute Gasteiger partial charge is 0.154 e. The summed E-state index contributed by atoms with van der Waals surface area (Å²) in [4.78, 5) is -0.0103. The summed E-state index contributed by atoms with van der Waals surface area (Å²) in [5.74, 6) is 1.24. The minimum absolute atomic E-state index is 0.0103. The van der Waals surface area contributed by atoms with Crippen LogP contribution in [0.25, 0.3) is 0 Å². The second-order valence-electron chi connectivity index (χ2n) is 4.59. The van der Waals surface area contributed by atoms with Crippen LogP contribution < -0.4 is 0 Å². The first kappa shape index (κ1) is 11.9. The second-order valence-corrected chi connectivity index (χ2v) is 7.92. The zero-order chi connectivity index (χ0) is 10.9. The molecule has 1 heterocycles. The van der Waals surface area contributed by atoms with Crippen LogP contribution in [-0.4, -0.2) is 37.5 Å². The van der Waals surface area contributed by atoms with E-state index in [1.54, 1.807) is 0 Å². The molecule has 0 N–H and O–H groups in total. The van der Waals surface area contributed by atoms with Gasteiger partial charge in [0.05, 0.1) is 22.4 Å². The molecule has 1 saturated carbocycles. The third-order valence-electron chi connectivity index (χ3n) is 3.32. The van der Waals surface area contributed by atoms with Crippen LogP contribution in [-0.2, 0) is 14.6 Å². The Labute approximate surface area is 99.6 Å². The van der Waals surface area contributed by atoms with E-state index in [0.717, 1.165) is 12.3 Å². The van der Waals surface area contributed by atoms with Crippen molar-refractivity contribution >= 4 is 25.8 Å².